The number of nitrogens with zero attached hydrogens (tertiary/aromatic N) is 4. The third-order valence-corrected chi connectivity index (χ3v) is 2.82. The average molecular weight is 250 g/mol. The van der Waals surface area contributed by atoms with E-state index in [-0.39, 0.29) is 0 Å². The van der Waals surface area contributed by atoms with Gasteiger partial charge in [0.1, 0.15) is 0 Å². The van der Waals surface area contributed by atoms with Crippen molar-refractivity contribution < 1.29 is 0 Å². The van der Waals surface area contributed by atoms with Crippen molar-refractivity contribution in [2.24, 2.45) is 0 Å². The van der Waals surface area contributed by atoms with Crippen LogP contribution in [0.1, 0.15) is 18.5 Å². The van der Waals surface area contributed by atoms with E-state index in [0.29, 0.717) is 16.9 Å². The fraction of sp³-hybridized carbons (Fsp3) is 0.364. The molecule has 2 aromatic heterocycles. The third-order valence-electron chi connectivity index (χ3n) is 2.63. The number of hydrogen-bond acceptors (Lipinski definition) is 4. The standard InChI is InChI=1S/C11H12ClN5/c12-8-3-16-17(7-8)11-6-14-10(5-15-11)4-13-9-1-2-9/h3,5-7,9,13H,1-2,4H2. The van der Waals surface area contributed by atoms with Crippen LogP contribution in [0.3, 0.4) is 0 Å². The highest BCUT2D eigenvalue weighted by molar-refractivity contribution is 6.30. The summed E-state index contributed by atoms with van der Waals surface area (Å²) >= 11 is 5.79. The van der Waals surface area contributed by atoms with Gasteiger partial charge in [-0.15, -0.1) is 0 Å². The van der Waals surface area contributed by atoms with Crippen molar-refractivity contribution in [1.29, 1.82) is 0 Å². The van der Waals surface area contributed by atoms with E-state index in [4.69, 9.17) is 11.6 Å². The molecule has 17 heavy (non-hydrogen) atoms. The first-order valence-corrected chi connectivity index (χ1v) is 5.94. The lowest BCUT2D eigenvalue weighted by molar-refractivity contribution is 0.669. The Morgan fingerprint density at radius 1 is 1.29 bits per heavy atom. The predicted octanol–water partition coefficient (Wildman–Crippen LogP) is 1.57. The van der Waals surface area contributed by atoms with Crippen LogP contribution in [-0.4, -0.2) is 25.8 Å². The minimum absolute atomic E-state index is 0.589. The van der Waals surface area contributed by atoms with Gasteiger partial charge >= 0.3 is 0 Å². The molecule has 0 bridgehead atoms. The molecule has 3 rings (SSSR count). The van der Waals surface area contributed by atoms with Gasteiger partial charge in [0.15, 0.2) is 5.82 Å². The zero-order valence-electron chi connectivity index (χ0n) is 9.17. The number of aromatic nitrogens is 4. The molecular formula is C11H12ClN5. The van der Waals surface area contributed by atoms with Crippen LogP contribution in [0.25, 0.3) is 5.82 Å². The lowest BCUT2D eigenvalue weighted by Gasteiger charge is -2.03. The molecule has 0 aromatic carbocycles. The summed E-state index contributed by atoms with van der Waals surface area (Å²) in [6, 6.07) is 0.682. The Balaban J connectivity index is 1.70. The molecule has 0 radical (unpaired) electrons. The molecule has 2 aromatic rings. The van der Waals surface area contributed by atoms with Gasteiger partial charge in [0, 0.05) is 12.6 Å². The molecule has 0 aliphatic heterocycles. The Morgan fingerprint density at radius 3 is 2.76 bits per heavy atom. The predicted molar refractivity (Wildman–Crippen MR) is 64.0 cm³/mol. The SMILES string of the molecule is Clc1cnn(-c2cnc(CNC3CC3)cn2)c1. The first-order valence-electron chi connectivity index (χ1n) is 5.56. The van der Waals surface area contributed by atoms with Crippen molar-refractivity contribution >= 4 is 11.6 Å². The van der Waals surface area contributed by atoms with E-state index >= 15 is 0 Å². The summed E-state index contributed by atoms with van der Waals surface area (Å²) in [5.74, 6) is 0.673. The topological polar surface area (TPSA) is 55.6 Å². The first kappa shape index (κ1) is 10.7. The molecule has 0 saturated heterocycles. The van der Waals surface area contributed by atoms with Crippen molar-refractivity contribution in [3.8, 4) is 5.82 Å². The Kier molecular flexibility index (Phi) is 2.78. The van der Waals surface area contributed by atoms with Crippen LogP contribution in [0.5, 0.6) is 0 Å². The second-order valence-electron chi connectivity index (χ2n) is 4.12. The fourth-order valence-electron chi connectivity index (χ4n) is 1.52. The van der Waals surface area contributed by atoms with E-state index in [1.165, 1.54) is 12.8 Å². The second-order valence-corrected chi connectivity index (χ2v) is 4.56. The molecule has 0 unspecified atom stereocenters. The number of nitrogens with one attached hydrogen (secondary N) is 1. The summed E-state index contributed by atoms with van der Waals surface area (Å²) in [6.07, 6.45) is 9.29. The van der Waals surface area contributed by atoms with Crippen LogP contribution < -0.4 is 5.32 Å². The molecule has 1 fully saturated rings. The van der Waals surface area contributed by atoms with Crippen LogP contribution in [0.4, 0.5) is 0 Å². The van der Waals surface area contributed by atoms with Crippen molar-refractivity contribution in [1.82, 2.24) is 25.1 Å². The number of rotatable bonds is 4. The van der Waals surface area contributed by atoms with Gasteiger partial charge in [-0.3, -0.25) is 4.98 Å². The van der Waals surface area contributed by atoms with E-state index in [2.05, 4.69) is 20.4 Å². The van der Waals surface area contributed by atoms with E-state index < -0.39 is 0 Å². The van der Waals surface area contributed by atoms with Crippen molar-refractivity contribution in [3.05, 3.63) is 35.5 Å². The van der Waals surface area contributed by atoms with Crippen LogP contribution in [0.2, 0.25) is 5.02 Å². The van der Waals surface area contributed by atoms with Crippen LogP contribution >= 0.6 is 11.6 Å². The molecule has 1 saturated carbocycles. The molecular weight excluding hydrogens is 238 g/mol. The fourth-order valence-corrected chi connectivity index (χ4v) is 1.66. The molecule has 1 N–H and O–H groups in total. The van der Waals surface area contributed by atoms with Gasteiger partial charge < -0.3 is 5.32 Å². The highest BCUT2D eigenvalue weighted by Gasteiger charge is 2.20. The van der Waals surface area contributed by atoms with Crippen molar-refractivity contribution in [2.45, 2.75) is 25.4 Å². The van der Waals surface area contributed by atoms with Gasteiger partial charge in [-0.2, -0.15) is 5.10 Å². The molecule has 0 atom stereocenters. The summed E-state index contributed by atoms with van der Waals surface area (Å²) < 4.78 is 1.60. The molecule has 88 valence electrons. The molecule has 0 spiro atoms. The number of hydrogen-bond donors (Lipinski definition) is 1. The minimum Gasteiger partial charge on any atom is -0.308 e. The second kappa shape index (κ2) is 4.43. The largest absolute Gasteiger partial charge is 0.308 e. The highest BCUT2D eigenvalue weighted by Crippen LogP contribution is 2.18. The molecule has 6 heteroatoms. The highest BCUT2D eigenvalue weighted by atomic mass is 35.5. The molecule has 2 heterocycles. The maximum atomic E-state index is 5.79. The van der Waals surface area contributed by atoms with Crippen molar-refractivity contribution in [3.63, 3.8) is 0 Å². The smallest absolute Gasteiger partial charge is 0.171 e. The van der Waals surface area contributed by atoms with Gasteiger partial charge in [-0.1, -0.05) is 11.6 Å². The third kappa shape index (κ3) is 2.62. The van der Waals surface area contributed by atoms with E-state index in [1.807, 2.05) is 0 Å². The summed E-state index contributed by atoms with van der Waals surface area (Å²) in [4.78, 5) is 8.64. The van der Waals surface area contributed by atoms with E-state index in [1.54, 1.807) is 29.5 Å². The molecule has 1 aliphatic carbocycles. The van der Waals surface area contributed by atoms with Gasteiger partial charge in [0.25, 0.3) is 0 Å². The monoisotopic (exact) mass is 249 g/mol. The Labute approximate surface area is 104 Å². The van der Waals surface area contributed by atoms with Crippen LogP contribution in [0, 0.1) is 0 Å². The van der Waals surface area contributed by atoms with Gasteiger partial charge in [-0.05, 0) is 12.8 Å². The van der Waals surface area contributed by atoms with Crippen LogP contribution in [0.15, 0.2) is 24.8 Å². The summed E-state index contributed by atoms with van der Waals surface area (Å²) in [5.41, 5.74) is 0.943. The maximum absolute atomic E-state index is 5.79. The Hall–Kier alpha value is -1.46. The lowest BCUT2D eigenvalue weighted by Crippen LogP contribution is -2.16. The Bertz CT molecular complexity index is 503. The van der Waals surface area contributed by atoms with Gasteiger partial charge in [0.2, 0.25) is 0 Å². The van der Waals surface area contributed by atoms with E-state index in [0.717, 1.165) is 12.2 Å². The lowest BCUT2D eigenvalue weighted by atomic mass is 10.4. The average Bonchev–Trinajstić information content (AvgIpc) is 3.09. The Morgan fingerprint density at radius 2 is 2.18 bits per heavy atom. The number of halogens is 1. The quantitative estimate of drug-likeness (QED) is 0.894. The van der Waals surface area contributed by atoms with E-state index in [9.17, 15) is 0 Å². The minimum atomic E-state index is 0.589. The van der Waals surface area contributed by atoms with Gasteiger partial charge in [0.05, 0.1) is 35.5 Å². The summed E-state index contributed by atoms with van der Waals surface area (Å²) in [7, 11) is 0. The zero-order chi connectivity index (χ0) is 11.7. The molecule has 1 aliphatic rings. The maximum Gasteiger partial charge on any atom is 0.171 e. The molecule has 5 nitrogen and oxygen atoms in total. The van der Waals surface area contributed by atoms with Crippen LogP contribution in [-0.2, 0) is 6.54 Å². The van der Waals surface area contributed by atoms with Crippen molar-refractivity contribution in [2.75, 3.05) is 0 Å². The zero-order valence-corrected chi connectivity index (χ0v) is 9.93. The normalized spacial score (nSPS) is 15.1. The molecule has 0 amide bonds. The summed E-state index contributed by atoms with van der Waals surface area (Å²) in [6.45, 7) is 0.776. The first-order chi connectivity index (χ1) is 8.31. The summed E-state index contributed by atoms with van der Waals surface area (Å²) in [5, 5.41) is 8.05. The van der Waals surface area contributed by atoms with Gasteiger partial charge in [-0.25, -0.2) is 9.67 Å².